The second kappa shape index (κ2) is 15.6. The minimum atomic E-state index is -0.0264. The summed E-state index contributed by atoms with van der Waals surface area (Å²) in [5.41, 5.74) is 1.37. The third-order valence-electron chi connectivity index (χ3n) is 5.85. The zero-order valence-electron chi connectivity index (χ0n) is 19.0. The van der Waals surface area contributed by atoms with Gasteiger partial charge in [-0.2, -0.15) is 0 Å². The van der Waals surface area contributed by atoms with E-state index in [9.17, 15) is 4.79 Å². The van der Waals surface area contributed by atoms with E-state index in [1.165, 1.54) is 50.5 Å². The van der Waals surface area contributed by atoms with Crippen LogP contribution in [-0.4, -0.2) is 5.97 Å². The summed E-state index contributed by atoms with van der Waals surface area (Å²) < 4.78 is 5.80. The Hall–Kier alpha value is -1.31. The number of allylic oxidation sites excluding steroid dienone is 5. The van der Waals surface area contributed by atoms with Crippen LogP contribution in [-0.2, 0) is 9.53 Å². The Balaban J connectivity index is 2.58. The van der Waals surface area contributed by atoms with Crippen molar-refractivity contribution in [2.24, 2.45) is 11.8 Å². The van der Waals surface area contributed by atoms with Gasteiger partial charge in [0.15, 0.2) is 0 Å². The summed E-state index contributed by atoms with van der Waals surface area (Å²) in [5.74, 6) is 1.40. The Bertz CT molecular complexity index is 513. The van der Waals surface area contributed by atoms with Crippen molar-refractivity contribution in [2.45, 2.75) is 111 Å². The van der Waals surface area contributed by atoms with Crippen LogP contribution in [0.2, 0.25) is 0 Å². The Morgan fingerprint density at radius 1 is 0.929 bits per heavy atom. The number of hydrogen-bond donors (Lipinski definition) is 0. The van der Waals surface area contributed by atoms with Crippen LogP contribution in [0.4, 0.5) is 0 Å². The number of ether oxygens (including phenoxy) is 1. The SMILES string of the molecule is CCCCCCCCC(CCC(C)CCC)C(=O)OC1=CC=C(CC)CC=C1. The molecule has 0 fully saturated rings. The third kappa shape index (κ3) is 10.9. The molecule has 2 atom stereocenters. The largest absolute Gasteiger partial charge is 0.426 e. The normalized spacial score (nSPS) is 16.1. The van der Waals surface area contributed by atoms with Gasteiger partial charge in [0.05, 0.1) is 5.92 Å². The van der Waals surface area contributed by atoms with Crippen molar-refractivity contribution in [2.75, 3.05) is 0 Å². The molecule has 0 saturated carbocycles. The predicted molar refractivity (Wildman–Crippen MR) is 121 cm³/mol. The van der Waals surface area contributed by atoms with Crippen LogP contribution in [0.1, 0.15) is 111 Å². The van der Waals surface area contributed by atoms with Crippen LogP contribution in [0.3, 0.4) is 0 Å². The van der Waals surface area contributed by atoms with Gasteiger partial charge in [0.1, 0.15) is 5.76 Å². The van der Waals surface area contributed by atoms with E-state index in [0.29, 0.717) is 11.7 Å². The number of carbonyl (C=O) groups is 1. The molecular weight excluding hydrogens is 344 g/mol. The molecule has 0 spiro atoms. The lowest BCUT2D eigenvalue weighted by molar-refractivity contribution is -0.144. The van der Waals surface area contributed by atoms with Gasteiger partial charge in [-0.25, -0.2) is 0 Å². The van der Waals surface area contributed by atoms with Gasteiger partial charge < -0.3 is 4.74 Å². The van der Waals surface area contributed by atoms with Gasteiger partial charge in [0.25, 0.3) is 0 Å². The molecule has 0 aromatic rings. The maximum Gasteiger partial charge on any atom is 0.314 e. The van der Waals surface area contributed by atoms with E-state index in [1.807, 2.05) is 12.2 Å². The topological polar surface area (TPSA) is 26.3 Å². The third-order valence-corrected chi connectivity index (χ3v) is 5.85. The van der Waals surface area contributed by atoms with E-state index >= 15 is 0 Å². The highest BCUT2D eigenvalue weighted by Gasteiger charge is 2.21. The molecule has 1 aliphatic carbocycles. The van der Waals surface area contributed by atoms with Crippen LogP contribution < -0.4 is 0 Å². The second-order valence-corrected chi connectivity index (χ2v) is 8.50. The molecule has 0 aliphatic heterocycles. The van der Waals surface area contributed by atoms with Crippen molar-refractivity contribution in [3.05, 3.63) is 35.6 Å². The molecule has 160 valence electrons. The molecule has 0 saturated heterocycles. The zero-order chi connectivity index (χ0) is 20.6. The molecule has 0 radical (unpaired) electrons. The molecule has 28 heavy (non-hydrogen) atoms. The number of unbranched alkanes of at least 4 members (excludes halogenated alkanes) is 5. The molecule has 0 aromatic carbocycles. The number of rotatable bonds is 15. The molecule has 2 unspecified atom stereocenters. The van der Waals surface area contributed by atoms with Crippen molar-refractivity contribution < 1.29 is 9.53 Å². The Morgan fingerprint density at radius 3 is 2.39 bits per heavy atom. The summed E-state index contributed by atoms with van der Waals surface area (Å²) in [6, 6.07) is 0. The zero-order valence-corrected chi connectivity index (χ0v) is 19.0. The maximum absolute atomic E-state index is 12.9. The first-order valence-corrected chi connectivity index (χ1v) is 11.9. The Morgan fingerprint density at radius 2 is 1.68 bits per heavy atom. The molecule has 0 amide bonds. The van der Waals surface area contributed by atoms with Gasteiger partial charge >= 0.3 is 5.97 Å². The fourth-order valence-corrected chi connectivity index (χ4v) is 3.85. The van der Waals surface area contributed by atoms with Crippen molar-refractivity contribution in [1.29, 1.82) is 0 Å². The summed E-state index contributed by atoms with van der Waals surface area (Å²) in [4.78, 5) is 12.9. The maximum atomic E-state index is 12.9. The highest BCUT2D eigenvalue weighted by molar-refractivity contribution is 5.74. The number of carbonyl (C=O) groups excluding carboxylic acids is 1. The summed E-state index contributed by atoms with van der Waals surface area (Å²) in [5, 5.41) is 0. The van der Waals surface area contributed by atoms with E-state index < -0.39 is 0 Å². The summed E-state index contributed by atoms with van der Waals surface area (Å²) in [6.07, 6.45) is 23.2. The van der Waals surface area contributed by atoms with Crippen molar-refractivity contribution in [1.82, 2.24) is 0 Å². The van der Waals surface area contributed by atoms with Gasteiger partial charge in [-0.3, -0.25) is 4.79 Å². The van der Waals surface area contributed by atoms with E-state index in [1.54, 1.807) is 0 Å². The molecule has 2 nitrogen and oxygen atoms in total. The smallest absolute Gasteiger partial charge is 0.314 e. The van der Waals surface area contributed by atoms with Gasteiger partial charge in [0, 0.05) is 0 Å². The quantitative estimate of drug-likeness (QED) is 0.208. The van der Waals surface area contributed by atoms with Crippen LogP contribution >= 0.6 is 0 Å². The fourth-order valence-electron chi connectivity index (χ4n) is 3.85. The summed E-state index contributed by atoms with van der Waals surface area (Å²) in [6.45, 7) is 8.96. The van der Waals surface area contributed by atoms with Crippen molar-refractivity contribution in [3.63, 3.8) is 0 Å². The lowest BCUT2D eigenvalue weighted by atomic mass is 9.90. The van der Waals surface area contributed by atoms with Crippen LogP contribution in [0, 0.1) is 11.8 Å². The van der Waals surface area contributed by atoms with Crippen LogP contribution in [0.25, 0.3) is 0 Å². The summed E-state index contributed by atoms with van der Waals surface area (Å²) >= 11 is 0. The standard InChI is InChI=1S/C26H44O2/c1-5-8-9-10-11-12-16-24(20-18-22(4)14-6-2)26(27)28-25-17-13-15-23(7-3)19-21-25/h13,17,19,21-22,24H,5-12,14-16,18,20H2,1-4H3. The second-order valence-electron chi connectivity index (χ2n) is 8.50. The van der Waals surface area contributed by atoms with Crippen molar-refractivity contribution in [3.8, 4) is 0 Å². The Kier molecular flexibility index (Phi) is 13.8. The highest BCUT2D eigenvalue weighted by atomic mass is 16.5. The average Bonchev–Trinajstić information content (AvgIpc) is 2.92. The van der Waals surface area contributed by atoms with Crippen molar-refractivity contribution >= 4 is 5.97 Å². The van der Waals surface area contributed by atoms with Crippen LogP contribution in [0.5, 0.6) is 0 Å². The molecule has 0 heterocycles. The van der Waals surface area contributed by atoms with E-state index in [2.05, 4.69) is 39.8 Å². The molecular formula is C26H44O2. The molecule has 0 N–H and O–H groups in total. The van der Waals surface area contributed by atoms with Gasteiger partial charge in [-0.05, 0) is 50.2 Å². The number of hydrogen-bond acceptors (Lipinski definition) is 2. The van der Waals surface area contributed by atoms with Gasteiger partial charge in [0.2, 0.25) is 0 Å². The lowest BCUT2D eigenvalue weighted by Crippen LogP contribution is -2.18. The summed E-state index contributed by atoms with van der Waals surface area (Å²) in [7, 11) is 0. The van der Waals surface area contributed by atoms with Gasteiger partial charge in [-0.1, -0.05) is 96.8 Å². The minimum absolute atomic E-state index is 0.0264. The minimum Gasteiger partial charge on any atom is -0.426 e. The van der Waals surface area contributed by atoms with E-state index in [4.69, 9.17) is 4.74 Å². The molecule has 1 rings (SSSR count). The molecule has 0 aromatic heterocycles. The Labute approximate surface area is 174 Å². The lowest BCUT2D eigenvalue weighted by Gasteiger charge is -2.18. The monoisotopic (exact) mass is 388 g/mol. The fraction of sp³-hybridized carbons (Fsp3) is 0.731. The van der Waals surface area contributed by atoms with Gasteiger partial charge in [-0.15, -0.1) is 0 Å². The van der Waals surface area contributed by atoms with E-state index in [-0.39, 0.29) is 11.9 Å². The first kappa shape index (κ1) is 24.7. The predicted octanol–water partition coefficient (Wildman–Crippen LogP) is 8.29. The van der Waals surface area contributed by atoms with Crippen LogP contribution in [0.15, 0.2) is 35.6 Å². The van der Waals surface area contributed by atoms with E-state index in [0.717, 1.165) is 38.5 Å². The molecule has 0 bridgehead atoms. The average molecular weight is 389 g/mol. The molecule has 1 aliphatic rings. The first-order valence-electron chi connectivity index (χ1n) is 11.9. The first-order chi connectivity index (χ1) is 13.6. The number of esters is 1. The molecule has 2 heteroatoms. The highest BCUT2D eigenvalue weighted by Crippen LogP contribution is 2.24.